The lowest BCUT2D eigenvalue weighted by Gasteiger charge is -2.38. The van der Waals surface area contributed by atoms with E-state index in [1.54, 1.807) is 24.4 Å². The lowest BCUT2D eigenvalue weighted by Crippen LogP contribution is -2.47. The fourth-order valence-corrected chi connectivity index (χ4v) is 4.93. The van der Waals surface area contributed by atoms with Gasteiger partial charge in [-0.3, -0.25) is 19.1 Å². The summed E-state index contributed by atoms with van der Waals surface area (Å²) in [5, 5.41) is 2.32. The number of aromatic nitrogens is 2. The van der Waals surface area contributed by atoms with Crippen LogP contribution in [0.4, 0.5) is 0 Å². The van der Waals surface area contributed by atoms with Crippen molar-refractivity contribution in [3.63, 3.8) is 0 Å². The number of nitrogens with one attached hydrogen (secondary N) is 1. The molecule has 7 nitrogen and oxygen atoms in total. The number of carbonyl (C=O) groups is 1. The first-order valence-electron chi connectivity index (χ1n) is 11.5. The summed E-state index contributed by atoms with van der Waals surface area (Å²) in [6.07, 6.45) is 8.44. The first-order valence-corrected chi connectivity index (χ1v) is 12.4. The molecule has 0 amide bonds. The normalized spacial score (nSPS) is 19.3. The molecule has 3 heterocycles. The topological polar surface area (TPSA) is 84.4 Å². The number of aromatic amines is 1. The molecule has 2 atom stereocenters. The van der Waals surface area contributed by atoms with Crippen LogP contribution in [0.3, 0.4) is 0 Å². The van der Waals surface area contributed by atoms with Gasteiger partial charge in [0.25, 0.3) is 5.56 Å². The van der Waals surface area contributed by atoms with Crippen LogP contribution in [0.5, 0.6) is 0 Å². The van der Waals surface area contributed by atoms with Crippen LogP contribution < -0.4 is 11.2 Å². The lowest BCUT2D eigenvalue weighted by atomic mass is 9.79. The van der Waals surface area contributed by atoms with Crippen LogP contribution >= 0.6 is 11.3 Å². The summed E-state index contributed by atoms with van der Waals surface area (Å²) in [5.41, 5.74) is 0.382. The molecule has 1 N–H and O–H groups in total. The maximum Gasteiger partial charge on any atom is 0.329 e. The van der Waals surface area contributed by atoms with E-state index in [1.165, 1.54) is 15.9 Å². The number of piperidine rings is 1. The third kappa shape index (κ3) is 6.42. The van der Waals surface area contributed by atoms with E-state index >= 15 is 0 Å². The molecule has 1 aliphatic heterocycles. The molecule has 2 unspecified atom stereocenters. The summed E-state index contributed by atoms with van der Waals surface area (Å²) in [5.74, 6) is -0.491. The van der Waals surface area contributed by atoms with Crippen molar-refractivity contribution >= 4 is 27.5 Å². The molecule has 180 valence electrons. The Bertz CT molecular complexity index is 1110. The molecule has 2 aromatic heterocycles. The van der Waals surface area contributed by atoms with E-state index in [4.69, 9.17) is 4.74 Å². The average Bonchev–Trinajstić information content (AvgIpc) is 3.29. The molecule has 1 aliphatic rings. The SMILES string of the molecule is C=C/C=C(\C=C/C)C1CCN(CCn2c(=O)[nH]c3sccc3c2=O)CC1C(=O)OCC.CC. The first kappa shape index (κ1) is 26.5. The van der Waals surface area contributed by atoms with Crippen molar-refractivity contribution in [2.24, 2.45) is 11.8 Å². The molecule has 0 saturated carbocycles. The van der Waals surface area contributed by atoms with Crippen molar-refractivity contribution in [2.45, 2.75) is 40.7 Å². The Balaban J connectivity index is 0.00000187. The highest BCUT2D eigenvalue weighted by atomic mass is 32.1. The van der Waals surface area contributed by atoms with Gasteiger partial charge in [-0.25, -0.2) is 4.79 Å². The molecule has 33 heavy (non-hydrogen) atoms. The van der Waals surface area contributed by atoms with Crippen LogP contribution in [-0.4, -0.2) is 46.7 Å². The largest absolute Gasteiger partial charge is 0.466 e. The minimum absolute atomic E-state index is 0.0396. The Labute approximate surface area is 199 Å². The minimum Gasteiger partial charge on any atom is -0.466 e. The fraction of sp³-hybridized carbons (Fsp3) is 0.480. The third-order valence-electron chi connectivity index (χ3n) is 5.63. The predicted octanol–water partition coefficient (Wildman–Crippen LogP) is 3.97. The van der Waals surface area contributed by atoms with Gasteiger partial charge in [0.2, 0.25) is 0 Å². The Kier molecular flexibility index (Phi) is 10.5. The second-order valence-corrected chi connectivity index (χ2v) is 8.42. The second kappa shape index (κ2) is 13.1. The number of fused-ring (bicyclic) bond motifs is 1. The van der Waals surface area contributed by atoms with E-state index in [9.17, 15) is 14.4 Å². The standard InChI is InChI=1S/C23H29N3O4S.C2H6/c1-4-7-16(8-5-2)17-9-11-25(15-19(17)22(28)30-6-3)12-13-26-21(27)18-10-14-31-20(18)24-23(26)29;1-2/h4-5,7-8,10,14,17,19H,1,6,9,11-13,15H2,2-3H3,(H,24,29);1-2H3/b8-5-,16-7+;. The molecule has 0 aliphatic carbocycles. The number of ether oxygens (including phenoxy) is 1. The highest BCUT2D eigenvalue weighted by Crippen LogP contribution is 2.32. The molecule has 8 heteroatoms. The zero-order chi connectivity index (χ0) is 24.4. The van der Waals surface area contributed by atoms with Gasteiger partial charge in [0.05, 0.1) is 17.9 Å². The summed E-state index contributed by atoms with van der Waals surface area (Å²) >= 11 is 1.34. The van der Waals surface area contributed by atoms with Gasteiger partial charge in [-0.05, 0) is 49.8 Å². The predicted molar refractivity (Wildman–Crippen MR) is 136 cm³/mol. The highest BCUT2D eigenvalue weighted by molar-refractivity contribution is 7.16. The Hall–Kier alpha value is -2.71. The molecule has 0 bridgehead atoms. The quantitative estimate of drug-likeness (QED) is 0.463. The maximum atomic E-state index is 12.7. The van der Waals surface area contributed by atoms with Gasteiger partial charge in [0.1, 0.15) is 4.83 Å². The maximum absolute atomic E-state index is 12.7. The lowest BCUT2D eigenvalue weighted by molar-refractivity contribution is -0.151. The smallest absolute Gasteiger partial charge is 0.329 e. The minimum atomic E-state index is -0.402. The van der Waals surface area contributed by atoms with Crippen molar-refractivity contribution in [1.29, 1.82) is 0 Å². The van der Waals surface area contributed by atoms with Gasteiger partial charge < -0.3 is 9.64 Å². The summed E-state index contributed by atoms with van der Waals surface area (Å²) < 4.78 is 6.59. The van der Waals surface area contributed by atoms with Gasteiger partial charge in [-0.15, -0.1) is 11.3 Å². The summed E-state index contributed by atoms with van der Waals surface area (Å²) in [7, 11) is 0. The molecular weight excluding hydrogens is 438 g/mol. The number of H-pyrrole nitrogens is 1. The summed E-state index contributed by atoms with van der Waals surface area (Å²) in [6.45, 7) is 13.9. The van der Waals surface area contributed by atoms with Gasteiger partial charge in [-0.1, -0.05) is 44.7 Å². The molecule has 1 fully saturated rings. The zero-order valence-electron chi connectivity index (χ0n) is 20.0. The first-order chi connectivity index (χ1) is 16.0. The summed E-state index contributed by atoms with van der Waals surface area (Å²) in [4.78, 5) is 43.2. The highest BCUT2D eigenvalue weighted by Gasteiger charge is 2.36. The Morgan fingerprint density at radius 3 is 2.73 bits per heavy atom. The fourth-order valence-electron chi connectivity index (χ4n) is 4.16. The number of thiophene rings is 1. The number of carbonyl (C=O) groups excluding carboxylic acids is 1. The number of likely N-dealkylation sites (tertiary alicyclic amines) is 1. The van der Waals surface area contributed by atoms with Crippen LogP contribution in [0.2, 0.25) is 0 Å². The van der Waals surface area contributed by atoms with Gasteiger partial charge in [-0.2, -0.15) is 0 Å². The number of hydrogen-bond donors (Lipinski definition) is 1. The monoisotopic (exact) mass is 473 g/mol. The molecule has 1 saturated heterocycles. The van der Waals surface area contributed by atoms with Crippen LogP contribution in [-0.2, 0) is 16.1 Å². The Morgan fingerprint density at radius 2 is 2.06 bits per heavy atom. The molecule has 0 radical (unpaired) electrons. The van der Waals surface area contributed by atoms with E-state index < -0.39 is 5.69 Å². The van der Waals surface area contributed by atoms with Gasteiger partial charge in [0.15, 0.2) is 0 Å². The van der Waals surface area contributed by atoms with Gasteiger partial charge in [0, 0.05) is 19.6 Å². The van der Waals surface area contributed by atoms with E-state index in [-0.39, 0.29) is 29.9 Å². The molecule has 0 aromatic carbocycles. The Morgan fingerprint density at radius 1 is 1.30 bits per heavy atom. The number of allylic oxidation sites excluding steroid dienone is 5. The summed E-state index contributed by atoms with van der Waals surface area (Å²) in [6, 6.07) is 1.73. The second-order valence-electron chi connectivity index (χ2n) is 7.51. The van der Waals surface area contributed by atoms with Crippen molar-refractivity contribution in [3.05, 3.63) is 68.7 Å². The molecular formula is C25H35N3O4S. The molecule has 3 rings (SSSR count). The van der Waals surface area contributed by atoms with E-state index in [0.29, 0.717) is 29.9 Å². The third-order valence-corrected chi connectivity index (χ3v) is 6.46. The number of hydrogen-bond acceptors (Lipinski definition) is 6. The van der Waals surface area contributed by atoms with E-state index in [2.05, 4.69) is 16.5 Å². The van der Waals surface area contributed by atoms with Crippen molar-refractivity contribution in [2.75, 3.05) is 26.2 Å². The molecule has 0 spiro atoms. The van der Waals surface area contributed by atoms with Crippen LogP contribution in [0.25, 0.3) is 10.2 Å². The van der Waals surface area contributed by atoms with Crippen LogP contribution in [0.15, 0.2) is 57.5 Å². The number of rotatable bonds is 8. The van der Waals surface area contributed by atoms with E-state index in [1.807, 2.05) is 39.0 Å². The van der Waals surface area contributed by atoms with Crippen molar-refractivity contribution in [3.8, 4) is 0 Å². The zero-order valence-corrected chi connectivity index (χ0v) is 20.8. The van der Waals surface area contributed by atoms with Crippen LogP contribution in [0.1, 0.15) is 34.1 Å². The number of nitrogens with zero attached hydrogens (tertiary/aromatic N) is 2. The number of esters is 1. The van der Waals surface area contributed by atoms with Gasteiger partial charge >= 0.3 is 11.7 Å². The van der Waals surface area contributed by atoms with Crippen molar-refractivity contribution in [1.82, 2.24) is 14.5 Å². The molecule has 2 aromatic rings. The van der Waals surface area contributed by atoms with E-state index in [0.717, 1.165) is 18.5 Å². The average molecular weight is 474 g/mol. The van der Waals surface area contributed by atoms with Crippen molar-refractivity contribution < 1.29 is 9.53 Å². The van der Waals surface area contributed by atoms with Crippen LogP contribution in [0, 0.1) is 11.8 Å².